The lowest BCUT2D eigenvalue weighted by atomic mass is 9.51. The second-order valence-electron chi connectivity index (χ2n) is 14.0. The molecule has 6 atom stereocenters. The van der Waals surface area contributed by atoms with E-state index in [2.05, 4.69) is 0 Å². The van der Waals surface area contributed by atoms with Crippen LogP contribution in [0.1, 0.15) is 36.8 Å². The molecule has 8 rings (SSSR count). The summed E-state index contributed by atoms with van der Waals surface area (Å²) in [5, 5.41) is 15.6. The number of nitrogens with zero attached hydrogens (tertiary/aromatic N) is 4. The van der Waals surface area contributed by atoms with Crippen LogP contribution in [0.5, 0.6) is 5.75 Å². The molecule has 3 fully saturated rings. The van der Waals surface area contributed by atoms with Gasteiger partial charge in [-0.15, -0.1) is 11.3 Å². The number of methoxy groups -OCH3 is 1. The van der Waals surface area contributed by atoms with Crippen molar-refractivity contribution in [2.24, 2.45) is 36.1 Å². The van der Waals surface area contributed by atoms with Gasteiger partial charge in [0, 0.05) is 28.8 Å². The molecule has 4 heterocycles. The molecule has 2 aliphatic heterocycles. The summed E-state index contributed by atoms with van der Waals surface area (Å²) < 4.78 is 13.0. The third-order valence-electron chi connectivity index (χ3n) is 11.4. The molecule has 2 aromatic carbocycles. The number of hydrogen-bond donors (Lipinski definition) is 1. The summed E-state index contributed by atoms with van der Waals surface area (Å²) in [7, 11) is 2.81. The fraction of sp³-hybridized carbons (Fsp3) is 0.368. The highest BCUT2D eigenvalue weighted by molar-refractivity contribution is 7.22. The van der Waals surface area contributed by atoms with Crippen molar-refractivity contribution < 1.29 is 38.6 Å². The zero-order valence-electron chi connectivity index (χ0n) is 28.8. The van der Waals surface area contributed by atoms with Gasteiger partial charge >= 0.3 is 6.09 Å². The van der Waals surface area contributed by atoms with E-state index in [9.17, 15) is 29.1 Å². The minimum atomic E-state index is -1.28. The standard InChI is InChI=1S/C38H35ClN4O8S/c1-18-24-15-20(39)7-12-28(24)52-32(18)27-17-29(41(3)40-27)42-34(46)26-16-25-22(10-11-23-30(25)35(47)43(33(23)45)37(49)50-4)31(38(26,2)36(42)48)19-5-8-21(9-6-19)51-14-13-44/h5-10,12,15,17,23,25-26,30-31,44H,11,13-14,16H2,1-4H3. The van der Waals surface area contributed by atoms with Gasteiger partial charge in [0.05, 0.1) is 41.8 Å². The number of aromatic nitrogens is 2. The van der Waals surface area contributed by atoms with Crippen LogP contribution in [-0.2, 0) is 31.0 Å². The van der Waals surface area contributed by atoms with Gasteiger partial charge in [0.1, 0.15) is 23.9 Å². The molecule has 2 aliphatic carbocycles. The number of benzene rings is 2. The van der Waals surface area contributed by atoms with E-state index < -0.39 is 64.7 Å². The minimum Gasteiger partial charge on any atom is -0.491 e. The van der Waals surface area contributed by atoms with Gasteiger partial charge in [0.25, 0.3) is 0 Å². The van der Waals surface area contributed by atoms with Crippen LogP contribution in [0.2, 0.25) is 5.02 Å². The molecule has 2 saturated heterocycles. The van der Waals surface area contributed by atoms with E-state index in [4.69, 9.17) is 26.2 Å². The van der Waals surface area contributed by atoms with E-state index in [0.717, 1.165) is 38.8 Å². The Balaban J connectivity index is 1.23. The van der Waals surface area contributed by atoms with Crippen LogP contribution in [0.25, 0.3) is 20.7 Å². The minimum absolute atomic E-state index is 0.106. The van der Waals surface area contributed by atoms with Crippen LogP contribution in [0.4, 0.5) is 10.6 Å². The Morgan fingerprint density at radius 2 is 1.81 bits per heavy atom. The van der Waals surface area contributed by atoms with Crippen LogP contribution in [0.15, 0.2) is 60.2 Å². The Bertz CT molecular complexity index is 2240. The average Bonchev–Trinajstić information content (AvgIpc) is 3.80. The van der Waals surface area contributed by atoms with Gasteiger partial charge in [-0.3, -0.25) is 23.9 Å². The number of thiophene rings is 1. The van der Waals surface area contributed by atoms with Gasteiger partial charge in [-0.2, -0.15) is 10.00 Å². The maximum Gasteiger partial charge on any atom is 0.423 e. The molecule has 4 aliphatic rings. The van der Waals surface area contributed by atoms with E-state index in [1.165, 1.54) is 4.90 Å². The smallest absolute Gasteiger partial charge is 0.423 e. The molecule has 0 spiro atoms. The lowest BCUT2D eigenvalue weighted by Gasteiger charge is -2.49. The van der Waals surface area contributed by atoms with Crippen LogP contribution < -0.4 is 9.64 Å². The van der Waals surface area contributed by atoms with E-state index in [1.807, 2.05) is 43.3 Å². The maximum absolute atomic E-state index is 15.0. The van der Waals surface area contributed by atoms with Crippen molar-refractivity contribution >= 4 is 68.6 Å². The van der Waals surface area contributed by atoms with Gasteiger partial charge in [-0.25, -0.2) is 9.69 Å². The van der Waals surface area contributed by atoms with Crippen LogP contribution in [0.3, 0.4) is 0 Å². The Morgan fingerprint density at radius 1 is 1.06 bits per heavy atom. The molecule has 4 aromatic rings. The summed E-state index contributed by atoms with van der Waals surface area (Å²) in [5.74, 6) is -5.04. The SMILES string of the molecule is COC(=O)N1C(=O)C2CC=C3C(CC4C(=O)N(c5cc(-c6sc7ccc(Cl)cc7c6C)nn5C)C(=O)C4(C)C3c3ccc(OCCO)cc3)C2C1=O. The quantitative estimate of drug-likeness (QED) is 0.196. The predicted octanol–water partition coefficient (Wildman–Crippen LogP) is 5.63. The highest BCUT2D eigenvalue weighted by Crippen LogP contribution is 2.63. The van der Waals surface area contributed by atoms with Gasteiger partial charge in [0.2, 0.25) is 23.6 Å². The van der Waals surface area contributed by atoms with E-state index in [0.29, 0.717) is 27.2 Å². The predicted molar refractivity (Wildman–Crippen MR) is 192 cm³/mol. The summed E-state index contributed by atoms with van der Waals surface area (Å²) in [6.45, 7) is 3.75. The van der Waals surface area contributed by atoms with E-state index >= 15 is 0 Å². The Hall–Kier alpha value is -4.85. The lowest BCUT2D eigenvalue weighted by molar-refractivity contribution is -0.138. The fourth-order valence-electron chi connectivity index (χ4n) is 9.02. The number of aliphatic hydroxyl groups is 1. The maximum atomic E-state index is 15.0. The molecular weight excluding hydrogens is 708 g/mol. The number of carbonyl (C=O) groups is 5. The first-order valence-electron chi connectivity index (χ1n) is 17.0. The summed E-state index contributed by atoms with van der Waals surface area (Å²) in [5.41, 5.74) is 1.83. The molecule has 0 bridgehead atoms. The first-order valence-corrected chi connectivity index (χ1v) is 18.2. The number of carbonyl (C=O) groups excluding carboxylic acids is 5. The topological polar surface area (TPSA) is 148 Å². The second kappa shape index (κ2) is 12.4. The number of fused-ring (bicyclic) bond motifs is 5. The number of anilines is 1. The van der Waals surface area contributed by atoms with Crippen LogP contribution in [-0.4, -0.2) is 69.8 Å². The Kier molecular flexibility index (Phi) is 8.16. The van der Waals surface area contributed by atoms with E-state index in [1.54, 1.807) is 48.2 Å². The first kappa shape index (κ1) is 34.2. The monoisotopic (exact) mass is 742 g/mol. The van der Waals surface area contributed by atoms with Crippen molar-refractivity contribution in [2.45, 2.75) is 32.6 Å². The number of imide groups is 4. The molecule has 1 saturated carbocycles. The highest BCUT2D eigenvalue weighted by Gasteiger charge is 2.68. The van der Waals surface area contributed by atoms with Gasteiger partial charge in [-0.1, -0.05) is 35.4 Å². The molecule has 268 valence electrons. The molecule has 1 N–H and O–H groups in total. The zero-order valence-corrected chi connectivity index (χ0v) is 30.4. The molecule has 12 nitrogen and oxygen atoms in total. The number of halogens is 1. The van der Waals surface area contributed by atoms with Crippen LogP contribution >= 0.6 is 22.9 Å². The Labute approximate surface area is 307 Å². The molecule has 52 heavy (non-hydrogen) atoms. The average molecular weight is 743 g/mol. The Morgan fingerprint density at radius 3 is 2.52 bits per heavy atom. The summed E-state index contributed by atoms with van der Waals surface area (Å²) >= 11 is 7.84. The number of rotatable bonds is 6. The lowest BCUT2D eigenvalue weighted by Crippen LogP contribution is -2.49. The van der Waals surface area contributed by atoms with Crippen molar-refractivity contribution in [1.29, 1.82) is 0 Å². The molecule has 5 amide bonds. The van der Waals surface area contributed by atoms with E-state index in [-0.39, 0.29) is 26.1 Å². The number of ether oxygens (including phenoxy) is 2. The number of aliphatic hydroxyl groups excluding tert-OH is 1. The van der Waals surface area contributed by atoms with Crippen molar-refractivity contribution in [2.75, 3.05) is 25.2 Å². The summed E-state index contributed by atoms with van der Waals surface area (Å²) in [6.07, 6.45) is 1.21. The number of aryl methyl sites for hydroxylation is 2. The first-order chi connectivity index (χ1) is 24.9. The largest absolute Gasteiger partial charge is 0.491 e. The molecule has 2 aromatic heterocycles. The third kappa shape index (κ3) is 4.82. The summed E-state index contributed by atoms with van der Waals surface area (Å²) in [6, 6.07) is 14.6. The second-order valence-corrected chi connectivity index (χ2v) is 15.5. The van der Waals surface area contributed by atoms with Gasteiger partial charge in [0.15, 0.2) is 0 Å². The molecule has 14 heteroatoms. The number of amides is 5. The zero-order chi connectivity index (χ0) is 36.8. The summed E-state index contributed by atoms with van der Waals surface area (Å²) in [4.78, 5) is 72.2. The van der Waals surface area contributed by atoms with Crippen molar-refractivity contribution in [1.82, 2.24) is 14.7 Å². The van der Waals surface area contributed by atoms with Crippen molar-refractivity contribution in [3.63, 3.8) is 0 Å². The molecule has 0 radical (unpaired) electrons. The normalized spacial score (nSPS) is 26.8. The fourth-order valence-corrected chi connectivity index (χ4v) is 10.3. The van der Waals surface area contributed by atoms with Crippen molar-refractivity contribution in [3.05, 3.63) is 76.3 Å². The van der Waals surface area contributed by atoms with Gasteiger partial charge in [-0.05, 0) is 79.5 Å². The number of allylic oxidation sites excluding steroid dienone is 2. The molecular formula is C38H35ClN4O8S. The van der Waals surface area contributed by atoms with Gasteiger partial charge < -0.3 is 14.6 Å². The number of likely N-dealkylation sites (tertiary alicyclic amines) is 1. The van der Waals surface area contributed by atoms with Crippen molar-refractivity contribution in [3.8, 4) is 16.3 Å². The van der Waals surface area contributed by atoms with Crippen LogP contribution in [0, 0.1) is 36.0 Å². The number of hydrogen-bond acceptors (Lipinski definition) is 10. The highest BCUT2D eigenvalue weighted by atomic mass is 35.5. The molecule has 6 unspecified atom stereocenters. The third-order valence-corrected chi connectivity index (χ3v) is 13.0.